The number of Topliss-reactive ketones (excluding diaryl/α,β-unsaturated/α-hetero) is 2. The number of carbonyl (C=O) groups is 2. The van der Waals surface area contributed by atoms with Crippen molar-refractivity contribution in [2.24, 2.45) is 11.8 Å². The Balaban J connectivity index is 2.30. The third kappa shape index (κ3) is 1.44. The van der Waals surface area contributed by atoms with Crippen LogP contribution in [0.3, 0.4) is 0 Å². The van der Waals surface area contributed by atoms with Crippen molar-refractivity contribution in [3.8, 4) is 0 Å². The Labute approximate surface area is 96.0 Å². The van der Waals surface area contributed by atoms with Gasteiger partial charge in [0.05, 0.1) is 12.0 Å². The molecular formula is C10H11IO3. The molecule has 0 saturated heterocycles. The van der Waals surface area contributed by atoms with E-state index in [2.05, 4.69) is 22.6 Å². The molecule has 0 unspecified atom stereocenters. The summed E-state index contributed by atoms with van der Waals surface area (Å²) in [6, 6.07) is 0. The van der Waals surface area contributed by atoms with E-state index in [0.717, 1.165) is 3.58 Å². The lowest BCUT2D eigenvalue weighted by atomic mass is 9.72. The number of fused-ring (bicyclic) bond motifs is 2. The smallest absolute Gasteiger partial charge is 0.209 e. The largest absolute Gasteiger partial charge is 0.377 e. The highest BCUT2D eigenvalue weighted by molar-refractivity contribution is 14.1. The van der Waals surface area contributed by atoms with Crippen LogP contribution in [0.15, 0.2) is 9.66 Å². The van der Waals surface area contributed by atoms with Gasteiger partial charge in [-0.3, -0.25) is 9.59 Å². The maximum Gasteiger partial charge on any atom is 0.209 e. The van der Waals surface area contributed by atoms with E-state index in [1.54, 1.807) is 0 Å². The predicted octanol–water partition coefficient (Wildman–Crippen LogP) is 1.50. The van der Waals surface area contributed by atoms with Crippen molar-refractivity contribution in [1.82, 2.24) is 0 Å². The van der Waals surface area contributed by atoms with Crippen LogP contribution in [0.5, 0.6) is 0 Å². The van der Waals surface area contributed by atoms with Crippen LogP contribution in [0.2, 0.25) is 0 Å². The standard InChI is InChI=1S/C10H11IO3/c1-2-14-7-4-5-3-6(11)8(7)10(13)9(5)12/h3,5,7-8H,2,4H2,1H3/t5-,7-,8+/m1/s1. The van der Waals surface area contributed by atoms with Crippen molar-refractivity contribution in [3.05, 3.63) is 9.66 Å². The number of allylic oxidation sites excluding steroid dienone is 1. The highest BCUT2D eigenvalue weighted by Crippen LogP contribution is 2.41. The van der Waals surface area contributed by atoms with E-state index in [9.17, 15) is 9.59 Å². The summed E-state index contributed by atoms with van der Waals surface area (Å²) in [7, 11) is 0. The van der Waals surface area contributed by atoms with Crippen LogP contribution < -0.4 is 0 Å². The van der Waals surface area contributed by atoms with Crippen molar-refractivity contribution in [1.29, 1.82) is 0 Å². The van der Waals surface area contributed by atoms with Crippen LogP contribution in [-0.2, 0) is 14.3 Å². The molecule has 0 aromatic rings. The normalized spacial score (nSPS) is 36.1. The molecule has 0 aromatic heterocycles. The van der Waals surface area contributed by atoms with Gasteiger partial charge in [-0.2, -0.15) is 0 Å². The Morgan fingerprint density at radius 3 is 2.79 bits per heavy atom. The zero-order chi connectivity index (χ0) is 10.3. The monoisotopic (exact) mass is 306 g/mol. The first-order valence-electron chi connectivity index (χ1n) is 4.72. The van der Waals surface area contributed by atoms with E-state index in [1.165, 1.54) is 0 Å². The molecule has 0 N–H and O–H groups in total. The summed E-state index contributed by atoms with van der Waals surface area (Å²) < 4.78 is 6.46. The van der Waals surface area contributed by atoms with Gasteiger partial charge >= 0.3 is 0 Å². The van der Waals surface area contributed by atoms with Gasteiger partial charge in [-0.05, 0) is 35.9 Å². The Hall–Kier alpha value is -0.230. The summed E-state index contributed by atoms with van der Waals surface area (Å²) in [5, 5.41) is 0. The van der Waals surface area contributed by atoms with Gasteiger partial charge in [-0.25, -0.2) is 0 Å². The molecule has 3 atom stereocenters. The quantitative estimate of drug-likeness (QED) is 0.573. The lowest BCUT2D eigenvalue weighted by Crippen LogP contribution is -2.48. The number of ether oxygens (including phenoxy) is 1. The Morgan fingerprint density at radius 1 is 1.50 bits per heavy atom. The average molecular weight is 306 g/mol. The van der Waals surface area contributed by atoms with Gasteiger partial charge in [0.25, 0.3) is 0 Å². The topological polar surface area (TPSA) is 43.4 Å². The fourth-order valence-electron chi connectivity index (χ4n) is 2.12. The first kappa shape index (κ1) is 10.3. The summed E-state index contributed by atoms with van der Waals surface area (Å²) in [5.74, 6) is -1.03. The fraction of sp³-hybridized carbons (Fsp3) is 0.600. The van der Waals surface area contributed by atoms with Crippen LogP contribution >= 0.6 is 22.6 Å². The first-order chi connectivity index (χ1) is 6.65. The second kappa shape index (κ2) is 3.73. The van der Waals surface area contributed by atoms with Crippen molar-refractivity contribution in [3.63, 3.8) is 0 Å². The van der Waals surface area contributed by atoms with Crippen molar-refractivity contribution in [2.75, 3.05) is 6.61 Å². The second-order valence-corrected chi connectivity index (χ2v) is 4.84. The third-order valence-corrected chi connectivity index (χ3v) is 3.79. The lowest BCUT2D eigenvalue weighted by Gasteiger charge is -2.37. The molecule has 0 amide bonds. The molecule has 0 heterocycles. The molecule has 2 bridgehead atoms. The van der Waals surface area contributed by atoms with E-state index < -0.39 is 0 Å². The van der Waals surface area contributed by atoms with E-state index in [1.807, 2.05) is 13.0 Å². The van der Waals surface area contributed by atoms with E-state index in [4.69, 9.17) is 4.74 Å². The van der Waals surface area contributed by atoms with E-state index in [0.29, 0.717) is 13.0 Å². The summed E-state index contributed by atoms with van der Waals surface area (Å²) in [5.41, 5.74) is 0. The van der Waals surface area contributed by atoms with Gasteiger partial charge in [0.1, 0.15) is 0 Å². The number of carbonyl (C=O) groups excluding carboxylic acids is 2. The minimum atomic E-state index is -0.312. The molecule has 3 aliphatic rings. The van der Waals surface area contributed by atoms with Gasteiger partial charge in [0.15, 0.2) is 0 Å². The van der Waals surface area contributed by atoms with E-state index >= 15 is 0 Å². The molecule has 3 aliphatic carbocycles. The Bertz CT molecular complexity index is 321. The molecule has 3 rings (SSSR count). The van der Waals surface area contributed by atoms with Crippen LogP contribution in [0.1, 0.15) is 13.3 Å². The van der Waals surface area contributed by atoms with Crippen molar-refractivity contribution < 1.29 is 14.3 Å². The average Bonchev–Trinajstić information content (AvgIpc) is 2.13. The molecule has 0 radical (unpaired) electrons. The van der Waals surface area contributed by atoms with Gasteiger partial charge in [-0.1, -0.05) is 6.08 Å². The highest BCUT2D eigenvalue weighted by Gasteiger charge is 2.48. The SMILES string of the molecule is CCO[C@@H]1C[C@H]2C=C(I)[C@@H]1C(=O)C2=O. The number of halogens is 1. The van der Waals surface area contributed by atoms with Crippen molar-refractivity contribution in [2.45, 2.75) is 19.4 Å². The maximum absolute atomic E-state index is 11.6. The Kier molecular flexibility index (Phi) is 2.74. The zero-order valence-corrected chi connectivity index (χ0v) is 9.98. The number of ketones is 2. The maximum atomic E-state index is 11.6. The minimum absolute atomic E-state index is 0.0768. The molecule has 0 spiro atoms. The first-order valence-corrected chi connectivity index (χ1v) is 5.80. The second-order valence-electron chi connectivity index (χ2n) is 3.59. The molecule has 4 heteroatoms. The minimum Gasteiger partial charge on any atom is -0.377 e. The van der Waals surface area contributed by atoms with Crippen LogP contribution in [-0.4, -0.2) is 24.3 Å². The summed E-state index contributed by atoms with van der Waals surface area (Å²) in [6.45, 7) is 2.50. The van der Waals surface area contributed by atoms with Gasteiger partial charge in [0, 0.05) is 16.1 Å². The predicted molar refractivity (Wildman–Crippen MR) is 59.1 cm³/mol. The van der Waals surface area contributed by atoms with Crippen LogP contribution in [0.4, 0.5) is 0 Å². The highest BCUT2D eigenvalue weighted by atomic mass is 127. The molecule has 3 nitrogen and oxygen atoms in total. The van der Waals surface area contributed by atoms with Gasteiger partial charge < -0.3 is 4.74 Å². The van der Waals surface area contributed by atoms with Gasteiger partial charge in [-0.15, -0.1) is 0 Å². The van der Waals surface area contributed by atoms with Crippen molar-refractivity contribution >= 4 is 34.2 Å². The molecule has 1 fully saturated rings. The third-order valence-electron chi connectivity index (χ3n) is 2.76. The molecule has 76 valence electrons. The van der Waals surface area contributed by atoms with Crippen LogP contribution in [0.25, 0.3) is 0 Å². The number of rotatable bonds is 2. The van der Waals surface area contributed by atoms with E-state index in [-0.39, 0.29) is 29.5 Å². The summed E-state index contributed by atoms with van der Waals surface area (Å²) in [6.07, 6.45) is 2.51. The Morgan fingerprint density at radius 2 is 2.21 bits per heavy atom. The zero-order valence-electron chi connectivity index (χ0n) is 7.83. The molecule has 0 aromatic carbocycles. The van der Waals surface area contributed by atoms with Crippen LogP contribution in [0, 0.1) is 11.8 Å². The molecular weight excluding hydrogens is 295 g/mol. The number of hydrogen-bond donors (Lipinski definition) is 0. The molecule has 0 aliphatic heterocycles. The number of hydrogen-bond acceptors (Lipinski definition) is 3. The fourth-order valence-corrected chi connectivity index (χ4v) is 3.24. The van der Waals surface area contributed by atoms with Gasteiger partial charge in [0.2, 0.25) is 11.6 Å². The lowest BCUT2D eigenvalue weighted by molar-refractivity contribution is -0.148. The summed E-state index contributed by atoms with van der Waals surface area (Å²) >= 11 is 2.14. The molecule has 1 saturated carbocycles. The summed E-state index contributed by atoms with van der Waals surface area (Å²) in [4.78, 5) is 23.0. The molecule has 14 heavy (non-hydrogen) atoms.